The average Bonchev–Trinajstić information content (AvgIpc) is 2.82. The Kier molecular flexibility index (Phi) is 7.88. The average molecular weight is 505 g/mol. The Morgan fingerprint density at radius 3 is 2.19 bits per heavy atom. The molecule has 1 aliphatic heterocycles. The van der Waals surface area contributed by atoms with Gasteiger partial charge in [-0.15, -0.1) is 13.2 Å². The molecule has 0 bridgehead atoms. The van der Waals surface area contributed by atoms with Crippen LogP contribution in [0.2, 0.25) is 0 Å². The van der Waals surface area contributed by atoms with E-state index >= 15 is 0 Å². The normalized spacial score (nSPS) is 17.8. The highest BCUT2D eigenvalue weighted by Crippen LogP contribution is 2.39. The monoisotopic (exact) mass is 504 g/mol. The van der Waals surface area contributed by atoms with Gasteiger partial charge in [0, 0.05) is 25.9 Å². The third-order valence-corrected chi connectivity index (χ3v) is 7.21. The van der Waals surface area contributed by atoms with Crippen LogP contribution in [0.25, 0.3) is 0 Å². The molecule has 0 aromatic heterocycles. The van der Waals surface area contributed by atoms with Gasteiger partial charge in [0.15, 0.2) is 0 Å². The Hall–Kier alpha value is -3.07. The number of hydrogen-bond acceptors (Lipinski definition) is 4. The van der Waals surface area contributed by atoms with E-state index in [1.165, 1.54) is 29.8 Å². The summed E-state index contributed by atoms with van der Waals surface area (Å²) in [5.74, 6) is -0.0547. The first kappa shape index (κ1) is 26.0. The molecule has 9 heteroatoms. The molecule has 0 spiro atoms. The number of carbonyl (C=O) groups is 2. The molecule has 2 amide bonds. The molecule has 2 fully saturated rings. The second-order valence-electron chi connectivity index (χ2n) is 9.61. The molecule has 4 rings (SSSR count). The van der Waals surface area contributed by atoms with Crippen LogP contribution in [0.1, 0.15) is 55.6 Å². The van der Waals surface area contributed by atoms with Crippen LogP contribution in [-0.4, -0.2) is 48.9 Å². The van der Waals surface area contributed by atoms with Gasteiger partial charge < -0.3 is 19.7 Å². The second-order valence-corrected chi connectivity index (χ2v) is 9.61. The summed E-state index contributed by atoms with van der Waals surface area (Å²) in [5, 5.41) is 2.82. The number of rotatable bonds is 8. The molecule has 36 heavy (non-hydrogen) atoms. The van der Waals surface area contributed by atoms with Crippen LogP contribution in [0.15, 0.2) is 48.5 Å². The zero-order valence-electron chi connectivity index (χ0n) is 20.3. The van der Waals surface area contributed by atoms with Crippen molar-refractivity contribution < 1.29 is 32.2 Å². The fourth-order valence-corrected chi connectivity index (χ4v) is 4.91. The maximum atomic E-state index is 12.7. The van der Waals surface area contributed by atoms with Gasteiger partial charge in [-0.05, 0) is 73.4 Å². The fraction of sp³-hybridized carbons (Fsp3) is 0.481. The maximum Gasteiger partial charge on any atom is 0.573 e. The standard InChI is InChI=1S/C27H31F3N2O4/c1-35-26(13-2-14-26)18-25(34)32-15-11-21(12-16-32)20-5-7-22(8-6-20)31-24(33)17-19-3-9-23(10-4-19)36-27(28,29)30/h3-10,21H,2,11-18H2,1H3,(H,31,33). The molecule has 194 valence electrons. The first-order valence-corrected chi connectivity index (χ1v) is 12.2. The van der Waals surface area contributed by atoms with Crippen molar-refractivity contribution in [3.8, 4) is 5.75 Å². The first-order chi connectivity index (χ1) is 17.1. The Bertz CT molecular complexity index is 1040. The van der Waals surface area contributed by atoms with Crippen molar-refractivity contribution in [1.82, 2.24) is 4.90 Å². The maximum absolute atomic E-state index is 12.7. The molecular formula is C27H31F3N2O4. The minimum Gasteiger partial charge on any atom is -0.406 e. The number of carbonyl (C=O) groups excluding carboxylic acids is 2. The van der Waals surface area contributed by atoms with Crippen LogP contribution in [0.4, 0.5) is 18.9 Å². The Labute approximate surface area is 208 Å². The molecule has 0 unspecified atom stereocenters. The second kappa shape index (κ2) is 10.9. The van der Waals surface area contributed by atoms with E-state index < -0.39 is 6.36 Å². The smallest absolute Gasteiger partial charge is 0.406 e. The zero-order valence-corrected chi connectivity index (χ0v) is 20.3. The molecule has 1 heterocycles. The van der Waals surface area contributed by atoms with E-state index in [0.29, 0.717) is 23.6 Å². The summed E-state index contributed by atoms with van der Waals surface area (Å²) in [6.45, 7) is 1.46. The number of hydrogen-bond donors (Lipinski definition) is 1. The number of likely N-dealkylation sites (tertiary alicyclic amines) is 1. The number of amides is 2. The summed E-state index contributed by atoms with van der Waals surface area (Å²) < 4.78 is 46.2. The minimum atomic E-state index is -4.75. The van der Waals surface area contributed by atoms with Gasteiger partial charge in [0.1, 0.15) is 5.75 Å². The predicted molar refractivity (Wildman–Crippen MR) is 129 cm³/mol. The molecular weight excluding hydrogens is 473 g/mol. The molecule has 2 aromatic carbocycles. The van der Waals surface area contributed by atoms with Crippen molar-refractivity contribution >= 4 is 17.5 Å². The molecule has 2 aromatic rings. The number of benzene rings is 2. The van der Waals surface area contributed by atoms with Crippen LogP contribution in [0.5, 0.6) is 5.75 Å². The summed E-state index contributed by atoms with van der Waals surface area (Å²) in [6.07, 6.45) is 0.571. The Morgan fingerprint density at radius 1 is 1.03 bits per heavy atom. The van der Waals surface area contributed by atoms with Gasteiger partial charge in [-0.3, -0.25) is 9.59 Å². The third kappa shape index (κ3) is 6.78. The molecule has 1 saturated heterocycles. The van der Waals surface area contributed by atoms with E-state index in [2.05, 4.69) is 10.1 Å². The highest BCUT2D eigenvalue weighted by molar-refractivity contribution is 5.92. The topological polar surface area (TPSA) is 67.9 Å². The van der Waals surface area contributed by atoms with E-state index in [9.17, 15) is 22.8 Å². The first-order valence-electron chi connectivity index (χ1n) is 12.2. The van der Waals surface area contributed by atoms with E-state index in [4.69, 9.17) is 4.74 Å². The van der Waals surface area contributed by atoms with E-state index in [1.807, 2.05) is 29.2 Å². The lowest BCUT2D eigenvalue weighted by molar-refractivity contribution is -0.274. The van der Waals surface area contributed by atoms with Gasteiger partial charge in [0.05, 0.1) is 18.4 Å². The number of methoxy groups -OCH3 is 1. The summed E-state index contributed by atoms with van der Waals surface area (Å²) in [4.78, 5) is 27.0. The van der Waals surface area contributed by atoms with Gasteiger partial charge in [-0.25, -0.2) is 0 Å². The Balaban J connectivity index is 1.23. The number of nitrogens with zero attached hydrogens (tertiary/aromatic N) is 1. The van der Waals surface area contributed by atoms with E-state index in [-0.39, 0.29) is 29.6 Å². The zero-order chi connectivity index (χ0) is 25.8. The summed E-state index contributed by atoms with van der Waals surface area (Å²) in [7, 11) is 1.69. The van der Waals surface area contributed by atoms with E-state index in [1.54, 1.807) is 7.11 Å². The van der Waals surface area contributed by atoms with Gasteiger partial charge in [0.2, 0.25) is 11.8 Å². The lowest BCUT2D eigenvalue weighted by Crippen LogP contribution is -2.46. The molecule has 0 atom stereocenters. The van der Waals surface area contributed by atoms with Crippen LogP contribution >= 0.6 is 0 Å². The van der Waals surface area contributed by atoms with Crippen LogP contribution in [-0.2, 0) is 20.7 Å². The van der Waals surface area contributed by atoms with Crippen LogP contribution in [0, 0.1) is 0 Å². The van der Waals surface area contributed by atoms with Crippen LogP contribution in [0.3, 0.4) is 0 Å². The number of alkyl halides is 3. The fourth-order valence-electron chi connectivity index (χ4n) is 4.91. The van der Waals surface area contributed by atoms with Crippen molar-refractivity contribution in [2.75, 3.05) is 25.5 Å². The number of anilines is 1. The largest absolute Gasteiger partial charge is 0.573 e. The molecule has 0 radical (unpaired) electrons. The number of piperidine rings is 1. The molecule has 2 aliphatic rings. The lowest BCUT2D eigenvalue weighted by atomic mass is 9.77. The van der Waals surface area contributed by atoms with Gasteiger partial charge in [0.25, 0.3) is 0 Å². The predicted octanol–water partition coefficient (Wildman–Crippen LogP) is 5.43. The quantitative estimate of drug-likeness (QED) is 0.521. The van der Waals surface area contributed by atoms with Crippen LogP contribution < -0.4 is 10.1 Å². The minimum absolute atomic E-state index is 0.0326. The van der Waals surface area contributed by atoms with Crippen molar-refractivity contribution in [3.63, 3.8) is 0 Å². The van der Waals surface area contributed by atoms with Crippen molar-refractivity contribution in [3.05, 3.63) is 59.7 Å². The molecule has 6 nitrogen and oxygen atoms in total. The number of halogens is 3. The lowest BCUT2D eigenvalue weighted by Gasteiger charge is -2.42. The van der Waals surface area contributed by atoms with Gasteiger partial charge in [-0.1, -0.05) is 24.3 Å². The molecule has 1 aliphatic carbocycles. The van der Waals surface area contributed by atoms with Crippen molar-refractivity contribution in [1.29, 1.82) is 0 Å². The number of ether oxygens (including phenoxy) is 2. The SMILES string of the molecule is COC1(CC(=O)N2CCC(c3ccc(NC(=O)Cc4ccc(OC(F)(F)F)cc4)cc3)CC2)CCC1. The summed E-state index contributed by atoms with van der Waals surface area (Å²) in [5.41, 5.74) is 2.15. The highest BCUT2D eigenvalue weighted by Gasteiger charge is 2.40. The summed E-state index contributed by atoms with van der Waals surface area (Å²) >= 11 is 0. The Morgan fingerprint density at radius 2 is 1.67 bits per heavy atom. The van der Waals surface area contributed by atoms with Gasteiger partial charge >= 0.3 is 6.36 Å². The van der Waals surface area contributed by atoms with Crippen molar-refractivity contribution in [2.24, 2.45) is 0 Å². The number of nitrogens with one attached hydrogen (secondary N) is 1. The summed E-state index contributed by atoms with van der Waals surface area (Å²) in [6, 6.07) is 12.9. The van der Waals surface area contributed by atoms with Crippen molar-refractivity contribution in [2.45, 2.75) is 62.8 Å². The molecule has 1 saturated carbocycles. The highest BCUT2D eigenvalue weighted by atomic mass is 19.4. The third-order valence-electron chi connectivity index (χ3n) is 7.21. The van der Waals surface area contributed by atoms with E-state index in [0.717, 1.165) is 45.2 Å². The van der Waals surface area contributed by atoms with Gasteiger partial charge in [-0.2, -0.15) is 0 Å². The molecule has 1 N–H and O–H groups in total.